The molecule has 0 aliphatic heterocycles. The lowest BCUT2D eigenvalue weighted by atomic mass is 9.79. The summed E-state index contributed by atoms with van der Waals surface area (Å²) in [5, 5.41) is 0. The fourth-order valence-electron chi connectivity index (χ4n) is 3.38. The van der Waals surface area contributed by atoms with Gasteiger partial charge in [0.15, 0.2) is 0 Å². The van der Waals surface area contributed by atoms with Crippen LogP contribution in [0.25, 0.3) is 0 Å². The van der Waals surface area contributed by atoms with Gasteiger partial charge in [-0.1, -0.05) is 13.8 Å². The van der Waals surface area contributed by atoms with Crippen molar-refractivity contribution in [2.24, 2.45) is 11.7 Å². The van der Waals surface area contributed by atoms with E-state index in [0.717, 1.165) is 18.0 Å². The molecule has 2 nitrogen and oxygen atoms in total. The maximum Gasteiger partial charge on any atom is 0.0103 e. The summed E-state index contributed by atoms with van der Waals surface area (Å²) in [7, 11) is 0. The topological polar surface area (TPSA) is 29.3 Å². The van der Waals surface area contributed by atoms with Crippen molar-refractivity contribution in [3.05, 3.63) is 0 Å². The highest BCUT2D eigenvalue weighted by Crippen LogP contribution is 2.35. The maximum atomic E-state index is 5.96. The van der Waals surface area contributed by atoms with E-state index in [2.05, 4.69) is 18.7 Å². The van der Waals surface area contributed by atoms with E-state index in [4.69, 9.17) is 5.73 Å². The predicted molar refractivity (Wildman–Crippen MR) is 64.8 cm³/mol. The minimum atomic E-state index is 0.486. The summed E-state index contributed by atoms with van der Waals surface area (Å²) in [5.41, 5.74) is 5.96. The summed E-state index contributed by atoms with van der Waals surface area (Å²) in [5.74, 6) is 0.967. The van der Waals surface area contributed by atoms with E-state index in [9.17, 15) is 0 Å². The van der Waals surface area contributed by atoms with Gasteiger partial charge in [0.05, 0.1) is 0 Å². The molecule has 0 unspecified atom stereocenters. The van der Waals surface area contributed by atoms with Gasteiger partial charge in [0, 0.05) is 18.1 Å². The first kappa shape index (κ1) is 11.4. The molecule has 0 radical (unpaired) electrons. The summed E-state index contributed by atoms with van der Waals surface area (Å²) in [6.45, 7) is 5.93. The minimum absolute atomic E-state index is 0.486. The molecule has 0 atom stereocenters. The molecule has 15 heavy (non-hydrogen) atoms. The van der Waals surface area contributed by atoms with Crippen LogP contribution in [0.1, 0.15) is 52.4 Å². The third kappa shape index (κ3) is 2.54. The third-order valence-electron chi connectivity index (χ3n) is 4.39. The number of nitrogens with two attached hydrogens (primary N) is 1. The van der Waals surface area contributed by atoms with Crippen LogP contribution in [0.3, 0.4) is 0 Å². The lowest BCUT2D eigenvalue weighted by Crippen LogP contribution is -2.50. The lowest BCUT2D eigenvalue weighted by Gasteiger charge is -2.46. The van der Waals surface area contributed by atoms with Crippen LogP contribution in [0, 0.1) is 5.92 Å². The van der Waals surface area contributed by atoms with Gasteiger partial charge in [-0.15, -0.1) is 0 Å². The molecule has 2 N–H and O–H groups in total. The second kappa shape index (κ2) is 4.84. The van der Waals surface area contributed by atoms with Crippen molar-refractivity contribution in [2.75, 3.05) is 6.54 Å². The fourth-order valence-corrected chi connectivity index (χ4v) is 3.38. The van der Waals surface area contributed by atoms with Crippen molar-refractivity contribution >= 4 is 0 Å². The predicted octanol–water partition coefficient (Wildman–Crippen LogP) is 2.38. The molecule has 2 aliphatic rings. The van der Waals surface area contributed by atoms with Gasteiger partial charge in [0.1, 0.15) is 0 Å². The Morgan fingerprint density at radius 1 is 1.07 bits per heavy atom. The first-order valence-electron chi connectivity index (χ1n) is 6.72. The average Bonchev–Trinajstić information content (AvgIpc) is 2.19. The molecule has 2 saturated carbocycles. The Bertz CT molecular complexity index is 191. The standard InChI is InChI=1S/C13H26N2/c1-3-15(13-8-10(2)9-13)12-6-4-11(14)5-7-12/h10-13H,3-9,14H2,1-2H3. The van der Waals surface area contributed by atoms with Gasteiger partial charge in [0.2, 0.25) is 0 Å². The van der Waals surface area contributed by atoms with Crippen LogP contribution in [0.2, 0.25) is 0 Å². The molecule has 0 heterocycles. The molecule has 0 bridgehead atoms. The summed E-state index contributed by atoms with van der Waals surface area (Å²) in [6, 6.07) is 2.22. The molecule has 88 valence electrons. The molecule has 2 rings (SSSR count). The first-order chi connectivity index (χ1) is 7.20. The smallest absolute Gasteiger partial charge is 0.0103 e. The first-order valence-corrected chi connectivity index (χ1v) is 6.72. The molecule has 0 amide bonds. The highest BCUT2D eigenvalue weighted by molar-refractivity contribution is 4.90. The van der Waals surface area contributed by atoms with Crippen molar-refractivity contribution in [3.8, 4) is 0 Å². The largest absolute Gasteiger partial charge is 0.328 e. The Kier molecular flexibility index (Phi) is 3.68. The lowest BCUT2D eigenvalue weighted by molar-refractivity contribution is 0.0355. The molecule has 0 aromatic rings. The zero-order valence-electron chi connectivity index (χ0n) is 10.3. The maximum absolute atomic E-state index is 5.96. The molecular weight excluding hydrogens is 184 g/mol. The van der Waals surface area contributed by atoms with Gasteiger partial charge in [-0.05, 0) is 51.0 Å². The fraction of sp³-hybridized carbons (Fsp3) is 1.00. The zero-order valence-corrected chi connectivity index (χ0v) is 10.3. The van der Waals surface area contributed by atoms with Gasteiger partial charge < -0.3 is 5.73 Å². The number of nitrogens with zero attached hydrogens (tertiary/aromatic N) is 1. The van der Waals surface area contributed by atoms with Crippen molar-refractivity contribution in [2.45, 2.75) is 70.5 Å². The second-order valence-electron chi connectivity index (χ2n) is 5.63. The molecular formula is C13H26N2. The summed E-state index contributed by atoms with van der Waals surface area (Å²) >= 11 is 0. The number of hydrogen-bond acceptors (Lipinski definition) is 2. The molecule has 2 heteroatoms. The van der Waals surface area contributed by atoms with E-state index in [0.29, 0.717) is 6.04 Å². The van der Waals surface area contributed by atoms with Crippen molar-refractivity contribution in [3.63, 3.8) is 0 Å². The van der Waals surface area contributed by atoms with Crippen LogP contribution in [0.15, 0.2) is 0 Å². The highest BCUT2D eigenvalue weighted by atomic mass is 15.2. The number of rotatable bonds is 3. The van der Waals surface area contributed by atoms with Gasteiger partial charge in [-0.2, -0.15) is 0 Å². The molecule has 2 fully saturated rings. The van der Waals surface area contributed by atoms with Crippen LogP contribution < -0.4 is 5.73 Å². The SMILES string of the molecule is CCN(C1CCC(N)CC1)C1CC(C)C1. The van der Waals surface area contributed by atoms with E-state index in [1.165, 1.54) is 45.1 Å². The van der Waals surface area contributed by atoms with E-state index in [1.54, 1.807) is 0 Å². The van der Waals surface area contributed by atoms with Crippen LogP contribution in [-0.4, -0.2) is 29.6 Å². The van der Waals surface area contributed by atoms with Crippen LogP contribution in [-0.2, 0) is 0 Å². The van der Waals surface area contributed by atoms with Crippen LogP contribution in [0.5, 0.6) is 0 Å². The minimum Gasteiger partial charge on any atom is -0.328 e. The summed E-state index contributed by atoms with van der Waals surface area (Å²) in [4.78, 5) is 2.76. The monoisotopic (exact) mass is 210 g/mol. The zero-order chi connectivity index (χ0) is 10.8. The molecule has 0 saturated heterocycles. The van der Waals surface area contributed by atoms with Crippen molar-refractivity contribution in [1.29, 1.82) is 0 Å². The Morgan fingerprint density at radius 2 is 1.67 bits per heavy atom. The van der Waals surface area contributed by atoms with E-state index < -0.39 is 0 Å². The summed E-state index contributed by atoms with van der Waals surface area (Å²) < 4.78 is 0. The molecule has 2 aliphatic carbocycles. The van der Waals surface area contributed by atoms with E-state index in [1.807, 2.05) is 0 Å². The Labute approximate surface area is 94.2 Å². The van der Waals surface area contributed by atoms with E-state index >= 15 is 0 Å². The van der Waals surface area contributed by atoms with Gasteiger partial charge >= 0.3 is 0 Å². The van der Waals surface area contributed by atoms with Crippen molar-refractivity contribution in [1.82, 2.24) is 4.90 Å². The third-order valence-corrected chi connectivity index (χ3v) is 4.39. The van der Waals surface area contributed by atoms with Gasteiger partial charge in [0.25, 0.3) is 0 Å². The Balaban J connectivity index is 1.84. The van der Waals surface area contributed by atoms with Crippen LogP contribution in [0.4, 0.5) is 0 Å². The second-order valence-corrected chi connectivity index (χ2v) is 5.63. The van der Waals surface area contributed by atoms with E-state index in [-0.39, 0.29) is 0 Å². The van der Waals surface area contributed by atoms with Crippen molar-refractivity contribution < 1.29 is 0 Å². The van der Waals surface area contributed by atoms with Crippen LogP contribution >= 0.6 is 0 Å². The highest BCUT2D eigenvalue weighted by Gasteiger charge is 2.34. The summed E-state index contributed by atoms with van der Waals surface area (Å²) in [6.07, 6.45) is 8.00. The Hall–Kier alpha value is -0.0800. The quantitative estimate of drug-likeness (QED) is 0.775. The average molecular weight is 210 g/mol. The van der Waals surface area contributed by atoms with Gasteiger partial charge in [-0.3, -0.25) is 4.90 Å². The molecule has 0 aromatic heterocycles. The normalized spacial score (nSPS) is 41.6. The molecule has 0 spiro atoms. The van der Waals surface area contributed by atoms with Gasteiger partial charge in [-0.25, -0.2) is 0 Å². The molecule has 0 aromatic carbocycles. The number of hydrogen-bond donors (Lipinski definition) is 1. The Morgan fingerprint density at radius 3 is 2.13 bits per heavy atom.